The van der Waals surface area contributed by atoms with Crippen LogP contribution in [0, 0.1) is 0 Å². The zero-order chi connectivity index (χ0) is 18.3. The summed E-state index contributed by atoms with van der Waals surface area (Å²) < 4.78 is 0. The Hall–Kier alpha value is -2.68. The van der Waals surface area contributed by atoms with Crippen molar-refractivity contribution in [2.75, 3.05) is 0 Å². The van der Waals surface area contributed by atoms with Gasteiger partial charge in [0.2, 0.25) is 0 Å². The van der Waals surface area contributed by atoms with E-state index < -0.39 is 0 Å². The molecule has 2 aromatic rings. The number of phenols is 1. The largest absolute Gasteiger partial charge is 0.507 e. The molecule has 0 saturated carbocycles. The third-order valence-corrected chi connectivity index (χ3v) is 4.65. The van der Waals surface area contributed by atoms with Crippen molar-refractivity contribution < 1.29 is 14.7 Å². The number of hydrogen-bond donors (Lipinski definition) is 1. The Morgan fingerprint density at radius 2 is 1.28 bits per heavy atom. The Kier molecular flexibility index (Phi) is 4.34. The van der Waals surface area contributed by atoms with Gasteiger partial charge < -0.3 is 5.11 Å². The number of phenolic OH excluding ortho intramolecular Hbond substituents is 1. The fraction of sp³-hybridized carbons (Fsp3) is 0.273. The van der Waals surface area contributed by atoms with Crippen LogP contribution in [0.25, 0.3) is 6.08 Å². The Morgan fingerprint density at radius 3 is 1.68 bits per heavy atom. The van der Waals surface area contributed by atoms with Crippen molar-refractivity contribution >= 4 is 17.6 Å². The molecular weight excluding hydrogens is 312 g/mol. The van der Waals surface area contributed by atoms with E-state index in [4.69, 9.17) is 0 Å². The standard InChI is InChI=1S/C22H22O3/c1-12(2)17-9-14(10-18(13(3)4)22(17)25)11-19-20(23)15-7-5-6-8-16(15)21(19)24/h5-13,25H,1-4H3. The van der Waals surface area contributed by atoms with Gasteiger partial charge in [0.25, 0.3) is 0 Å². The predicted octanol–water partition coefficient (Wildman–Crippen LogP) is 5.10. The molecule has 128 valence electrons. The molecule has 0 amide bonds. The zero-order valence-electron chi connectivity index (χ0n) is 15.0. The number of carbonyl (C=O) groups excluding carboxylic acids is 2. The quantitative estimate of drug-likeness (QED) is 0.627. The predicted molar refractivity (Wildman–Crippen MR) is 99.4 cm³/mol. The normalized spacial score (nSPS) is 13.8. The van der Waals surface area contributed by atoms with Gasteiger partial charge in [-0.2, -0.15) is 0 Å². The zero-order valence-corrected chi connectivity index (χ0v) is 15.0. The lowest BCUT2D eigenvalue weighted by molar-refractivity contribution is 0.0990. The first-order valence-electron chi connectivity index (χ1n) is 8.58. The molecule has 25 heavy (non-hydrogen) atoms. The van der Waals surface area contributed by atoms with Gasteiger partial charge in [-0.3, -0.25) is 9.59 Å². The van der Waals surface area contributed by atoms with Crippen molar-refractivity contribution in [3.8, 4) is 5.75 Å². The number of ketones is 2. The van der Waals surface area contributed by atoms with Crippen LogP contribution in [0.5, 0.6) is 5.75 Å². The highest BCUT2D eigenvalue weighted by molar-refractivity contribution is 6.41. The third kappa shape index (κ3) is 2.91. The second-order valence-electron chi connectivity index (χ2n) is 7.12. The molecule has 0 aromatic heterocycles. The van der Waals surface area contributed by atoms with Gasteiger partial charge in [0.05, 0.1) is 5.57 Å². The number of aromatic hydroxyl groups is 1. The van der Waals surface area contributed by atoms with Crippen molar-refractivity contribution in [3.63, 3.8) is 0 Å². The van der Waals surface area contributed by atoms with Crippen LogP contribution in [0.3, 0.4) is 0 Å². The lowest BCUT2D eigenvalue weighted by Gasteiger charge is -2.16. The highest BCUT2D eigenvalue weighted by Crippen LogP contribution is 2.36. The SMILES string of the molecule is CC(C)c1cc(C=C2C(=O)c3ccccc3C2=O)cc(C(C)C)c1O. The summed E-state index contributed by atoms with van der Waals surface area (Å²) in [5.41, 5.74) is 3.55. The van der Waals surface area contributed by atoms with E-state index in [-0.39, 0.29) is 29.0 Å². The molecule has 0 aliphatic heterocycles. The molecule has 0 fully saturated rings. The maximum absolute atomic E-state index is 12.6. The Balaban J connectivity index is 2.14. The highest BCUT2D eigenvalue weighted by Gasteiger charge is 2.32. The van der Waals surface area contributed by atoms with E-state index in [2.05, 4.69) is 0 Å². The minimum absolute atomic E-state index is 0.142. The van der Waals surface area contributed by atoms with Crippen molar-refractivity contribution in [3.05, 3.63) is 69.8 Å². The molecule has 0 spiro atoms. The average Bonchev–Trinajstić information content (AvgIpc) is 2.81. The molecule has 0 radical (unpaired) electrons. The van der Waals surface area contributed by atoms with Crippen LogP contribution in [0.1, 0.15) is 76.9 Å². The molecule has 0 saturated heterocycles. The van der Waals surface area contributed by atoms with E-state index in [9.17, 15) is 14.7 Å². The van der Waals surface area contributed by atoms with Gasteiger partial charge in [-0.1, -0.05) is 52.0 Å². The van der Waals surface area contributed by atoms with Crippen LogP contribution in [0.2, 0.25) is 0 Å². The second-order valence-corrected chi connectivity index (χ2v) is 7.12. The first kappa shape index (κ1) is 17.2. The van der Waals surface area contributed by atoms with Gasteiger partial charge in [-0.25, -0.2) is 0 Å². The van der Waals surface area contributed by atoms with Crippen LogP contribution < -0.4 is 0 Å². The number of fused-ring (bicyclic) bond motifs is 1. The summed E-state index contributed by atoms with van der Waals surface area (Å²) in [6.07, 6.45) is 1.65. The number of rotatable bonds is 3. The molecule has 3 nitrogen and oxygen atoms in total. The fourth-order valence-electron chi connectivity index (χ4n) is 3.24. The number of carbonyl (C=O) groups is 2. The van der Waals surface area contributed by atoms with Crippen LogP contribution in [0.4, 0.5) is 0 Å². The number of benzene rings is 2. The van der Waals surface area contributed by atoms with Crippen molar-refractivity contribution in [2.45, 2.75) is 39.5 Å². The van der Waals surface area contributed by atoms with E-state index in [0.29, 0.717) is 16.9 Å². The second kappa shape index (κ2) is 6.32. The summed E-state index contributed by atoms with van der Waals surface area (Å²) in [7, 11) is 0. The molecular formula is C22H22O3. The molecule has 1 aliphatic rings. The molecule has 1 aliphatic carbocycles. The molecule has 0 heterocycles. The van der Waals surface area contributed by atoms with E-state index in [0.717, 1.165) is 16.7 Å². The molecule has 2 aromatic carbocycles. The summed E-state index contributed by atoms with van der Waals surface area (Å²) in [4.78, 5) is 25.2. The van der Waals surface area contributed by atoms with E-state index in [1.807, 2.05) is 39.8 Å². The number of Topliss-reactive ketones (excluding diaryl/α,β-unsaturated/α-hetero) is 2. The van der Waals surface area contributed by atoms with Crippen LogP contribution in [-0.4, -0.2) is 16.7 Å². The summed E-state index contributed by atoms with van der Waals surface area (Å²) in [6.45, 7) is 8.05. The highest BCUT2D eigenvalue weighted by atomic mass is 16.3. The molecule has 0 unspecified atom stereocenters. The molecule has 0 bridgehead atoms. The van der Waals surface area contributed by atoms with Gasteiger partial charge in [-0.05, 0) is 46.7 Å². The summed E-state index contributed by atoms with van der Waals surface area (Å²) in [5.74, 6) is 0.127. The lowest BCUT2D eigenvalue weighted by atomic mass is 9.90. The maximum atomic E-state index is 12.6. The van der Waals surface area contributed by atoms with Crippen molar-refractivity contribution in [2.24, 2.45) is 0 Å². The summed E-state index contributed by atoms with van der Waals surface area (Å²) in [5, 5.41) is 10.5. The maximum Gasteiger partial charge on any atom is 0.197 e. The number of hydrogen-bond acceptors (Lipinski definition) is 3. The van der Waals surface area contributed by atoms with Gasteiger partial charge in [0, 0.05) is 11.1 Å². The third-order valence-electron chi connectivity index (χ3n) is 4.65. The Labute approximate surface area is 148 Å². The molecule has 3 heteroatoms. The minimum Gasteiger partial charge on any atom is -0.507 e. The first-order chi connectivity index (χ1) is 11.8. The fourth-order valence-corrected chi connectivity index (χ4v) is 3.24. The summed E-state index contributed by atoms with van der Waals surface area (Å²) in [6, 6.07) is 10.6. The monoisotopic (exact) mass is 334 g/mol. The van der Waals surface area contributed by atoms with E-state index in [1.165, 1.54) is 0 Å². The topological polar surface area (TPSA) is 54.4 Å². The van der Waals surface area contributed by atoms with E-state index >= 15 is 0 Å². The van der Waals surface area contributed by atoms with Crippen LogP contribution in [0.15, 0.2) is 42.0 Å². The van der Waals surface area contributed by atoms with Crippen LogP contribution in [-0.2, 0) is 0 Å². The van der Waals surface area contributed by atoms with E-state index in [1.54, 1.807) is 30.3 Å². The summed E-state index contributed by atoms with van der Waals surface area (Å²) >= 11 is 0. The minimum atomic E-state index is -0.231. The van der Waals surface area contributed by atoms with Gasteiger partial charge in [0.15, 0.2) is 11.6 Å². The van der Waals surface area contributed by atoms with Crippen molar-refractivity contribution in [1.29, 1.82) is 0 Å². The lowest BCUT2D eigenvalue weighted by Crippen LogP contribution is -2.02. The molecule has 1 N–H and O–H groups in total. The Morgan fingerprint density at radius 1 is 0.840 bits per heavy atom. The average molecular weight is 334 g/mol. The number of allylic oxidation sites excluding steroid dienone is 1. The first-order valence-corrected chi connectivity index (χ1v) is 8.58. The Bertz CT molecular complexity index is 835. The van der Waals surface area contributed by atoms with Gasteiger partial charge in [0.1, 0.15) is 5.75 Å². The van der Waals surface area contributed by atoms with Crippen molar-refractivity contribution in [1.82, 2.24) is 0 Å². The van der Waals surface area contributed by atoms with Gasteiger partial charge in [-0.15, -0.1) is 0 Å². The smallest absolute Gasteiger partial charge is 0.197 e. The van der Waals surface area contributed by atoms with Gasteiger partial charge >= 0.3 is 0 Å². The molecule has 3 rings (SSSR count). The van der Waals surface area contributed by atoms with Crippen LogP contribution >= 0.6 is 0 Å². The molecule has 0 atom stereocenters.